The van der Waals surface area contributed by atoms with Crippen molar-refractivity contribution in [2.75, 3.05) is 7.11 Å². The van der Waals surface area contributed by atoms with Crippen molar-refractivity contribution in [3.63, 3.8) is 0 Å². The van der Waals surface area contributed by atoms with Crippen LogP contribution in [0.4, 0.5) is 0 Å². The van der Waals surface area contributed by atoms with E-state index in [4.69, 9.17) is 23.7 Å². The second kappa shape index (κ2) is 12.8. The van der Waals surface area contributed by atoms with E-state index in [0.717, 1.165) is 22.0 Å². The molecule has 3 aliphatic rings. The van der Waals surface area contributed by atoms with E-state index < -0.39 is 41.5 Å². The molecule has 234 valence electrons. The highest BCUT2D eigenvalue weighted by Gasteiger charge is 2.60. The van der Waals surface area contributed by atoms with Gasteiger partial charge in [0, 0.05) is 22.9 Å². The molecular weight excluding hydrogens is 608 g/mol. The molecule has 9 nitrogen and oxygen atoms in total. The molecule has 1 aromatic carbocycles. The number of benzene rings is 1. The number of phenols is 1. The highest BCUT2D eigenvalue weighted by molar-refractivity contribution is 9.10. The molecule has 0 aromatic heterocycles. The number of hydrogen-bond donors (Lipinski definition) is 2. The maximum Gasteiger partial charge on any atom is 0.313 e. The van der Waals surface area contributed by atoms with Gasteiger partial charge in [-0.1, -0.05) is 43.6 Å². The summed E-state index contributed by atoms with van der Waals surface area (Å²) in [5.74, 6) is -1.71. The highest BCUT2D eigenvalue weighted by atomic mass is 79.9. The first-order valence-corrected chi connectivity index (χ1v) is 15.6. The number of esters is 2. The Morgan fingerprint density at radius 3 is 2.52 bits per heavy atom. The lowest BCUT2D eigenvalue weighted by Gasteiger charge is -2.57. The Balaban J connectivity index is 1.65. The number of rotatable bonds is 7. The van der Waals surface area contributed by atoms with Gasteiger partial charge in [0.05, 0.1) is 31.2 Å². The first kappa shape index (κ1) is 32.8. The topological polar surface area (TPSA) is 121 Å². The molecule has 2 saturated heterocycles. The summed E-state index contributed by atoms with van der Waals surface area (Å²) in [4.78, 5) is 26.0. The third-order valence-corrected chi connectivity index (χ3v) is 9.96. The summed E-state index contributed by atoms with van der Waals surface area (Å²) in [5, 5.41) is 20.3. The van der Waals surface area contributed by atoms with Crippen LogP contribution in [-0.4, -0.2) is 59.5 Å². The van der Waals surface area contributed by atoms with Gasteiger partial charge in [-0.3, -0.25) is 9.59 Å². The van der Waals surface area contributed by atoms with E-state index in [0.29, 0.717) is 25.0 Å². The number of aromatic hydroxyl groups is 1. The Morgan fingerprint density at radius 1 is 1.14 bits per heavy atom. The van der Waals surface area contributed by atoms with Crippen molar-refractivity contribution >= 4 is 27.9 Å². The van der Waals surface area contributed by atoms with Gasteiger partial charge in [-0.05, 0) is 68.4 Å². The highest BCUT2D eigenvalue weighted by Crippen LogP contribution is 2.54. The number of hydrogen-bond acceptors (Lipinski definition) is 9. The third-order valence-electron chi connectivity index (χ3n) is 9.24. The average molecular weight is 654 g/mol. The van der Waals surface area contributed by atoms with E-state index in [1.54, 1.807) is 25.3 Å². The molecule has 1 aromatic rings. The predicted octanol–water partition coefficient (Wildman–Crippen LogP) is 6.10. The molecule has 0 radical (unpaired) electrons. The van der Waals surface area contributed by atoms with Gasteiger partial charge in [0.1, 0.15) is 30.1 Å². The molecule has 2 fully saturated rings. The standard InChI is InChI=1S/C32H45BrO9/c1-17(8-11-24(38-7)22-12-21(35)9-10-23(22)33)30-19(3)27-16-32(42-30)31(5,6)15-18(2)25(41-32)13-28(36)39-26(20(4)34)14-29(37)40-27/h9-10,12,17,19-20,24,26-27,30,34-35H,8,11,13-16H2,1-7H3/t17-,19-,20+,24-,26+,27-,30+,32+/m1/s1. The summed E-state index contributed by atoms with van der Waals surface area (Å²) in [5.41, 5.74) is 1.32. The van der Waals surface area contributed by atoms with Crippen LogP contribution in [0, 0.1) is 17.3 Å². The molecule has 0 aliphatic carbocycles. The largest absolute Gasteiger partial charge is 0.508 e. The molecule has 0 amide bonds. The van der Waals surface area contributed by atoms with Crippen molar-refractivity contribution in [3.05, 3.63) is 39.6 Å². The van der Waals surface area contributed by atoms with E-state index in [1.165, 1.54) is 6.92 Å². The number of methoxy groups -OCH3 is 1. The van der Waals surface area contributed by atoms with E-state index in [9.17, 15) is 19.8 Å². The molecule has 1 spiro atoms. The minimum atomic E-state index is -1.13. The maximum absolute atomic E-state index is 13.1. The summed E-state index contributed by atoms with van der Waals surface area (Å²) in [6.07, 6.45) is -1.16. The van der Waals surface area contributed by atoms with Gasteiger partial charge >= 0.3 is 11.9 Å². The summed E-state index contributed by atoms with van der Waals surface area (Å²) >= 11 is 3.57. The van der Waals surface area contributed by atoms with Crippen LogP contribution >= 0.6 is 15.9 Å². The quantitative estimate of drug-likeness (QED) is 0.337. The smallest absolute Gasteiger partial charge is 0.313 e. The van der Waals surface area contributed by atoms with Crippen molar-refractivity contribution in [3.8, 4) is 5.75 Å². The Hall–Kier alpha value is -2.14. The number of cyclic esters (lactones) is 1. The fourth-order valence-electron chi connectivity index (χ4n) is 6.62. The van der Waals surface area contributed by atoms with Crippen molar-refractivity contribution in [1.82, 2.24) is 0 Å². The number of carbonyl (C=O) groups excluding carboxylic acids is 2. The predicted molar refractivity (Wildman–Crippen MR) is 158 cm³/mol. The van der Waals surface area contributed by atoms with Crippen LogP contribution in [0.15, 0.2) is 34.0 Å². The minimum absolute atomic E-state index is 0.0186. The first-order valence-electron chi connectivity index (χ1n) is 14.8. The summed E-state index contributed by atoms with van der Waals surface area (Å²) in [7, 11) is 1.65. The summed E-state index contributed by atoms with van der Waals surface area (Å²) in [6.45, 7) is 11.7. The van der Waals surface area contributed by atoms with Crippen molar-refractivity contribution in [2.24, 2.45) is 17.3 Å². The van der Waals surface area contributed by atoms with Crippen LogP contribution in [0.5, 0.6) is 5.75 Å². The molecule has 2 N–H and O–H groups in total. The Kier molecular flexibility index (Phi) is 10.0. The zero-order valence-electron chi connectivity index (χ0n) is 25.6. The zero-order valence-corrected chi connectivity index (χ0v) is 27.2. The number of halogens is 1. The van der Waals surface area contributed by atoms with Crippen molar-refractivity contribution in [1.29, 1.82) is 0 Å². The average Bonchev–Trinajstić information content (AvgIpc) is 2.90. The molecule has 10 heteroatoms. The first-order chi connectivity index (χ1) is 19.7. The van der Waals surface area contributed by atoms with Gasteiger partial charge in [-0.15, -0.1) is 0 Å². The normalized spacial score (nSPS) is 31.9. The molecular formula is C32H45BrO9. The number of allylic oxidation sites excluding steroid dienone is 1. The van der Waals surface area contributed by atoms with Crippen LogP contribution in [-0.2, 0) is 33.3 Å². The monoisotopic (exact) mass is 652 g/mol. The molecule has 3 heterocycles. The lowest BCUT2D eigenvalue weighted by atomic mass is 9.69. The maximum atomic E-state index is 13.1. The summed E-state index contributed by atoms with van der Waals surface area (Å²) in [6, 6.07) is 5.13. The van der Waals surface area contributed by atoms with Gasteiger partial charge in [0.15, 0.2) is 0 Å². The van der Waals surface area contributed by atoms with Crippen LogP contribution in [0.1, 0.15) is 91.7 Å². The Morgan fingerprint density at radius 2 is 1.86 bits per heavy atom. The Bertz CT molecular complexity index is 1190. The van der Waals surface area contributed by atoms with Crippen molar-refractivity contribution in [2.45, 2.75) is 116 Å². The van der Waals surface area contributed by atoms with Crippen LogP contribution in [0.2, 0.25) is 0 Å². The number of fused-ring (bicyclic) bond motifs is 2. The van der Waals surface area contributed by atoms with Crippen LogP contribution < -0.4 is 0 Å². The fraction of sp³-hybridized carbons (Fsp3) is 0.688. The minimum Gasteiger partial charge on any atom is -0.508 e. The lowest BCUT2D eigenvalue weighted by Crippen LogP contribution is -2.62. The molecule has 4 rings (SSSR count). The van der Waals surface area contributed by atoms with Crippen LogP contribution in [0.3, 0.4) is 0 Å². The molecule has 0 saturated carbocycles. The van der Waals surface area contributed by atoms with Gasteiger partial charge in [-0.2, -0.15) is 0 Å². The second-order valence-electron chi connectivity index (χ2n) is 12.9. The number of aliphatic hydroxyl groups is 1. The lowest BCUT2D eigenvalue weighted by molar-refractivity contribution is -0.352. The SMILES string of the molecule is CO[C@H](CC[C@@H](C)[C@@H]1O[C@@]23C[C@@H](OC(=O)C[C@@H]([C@H](C)O)OC(=O)CC(=C(C)CC2(C)C)O3)[C@H]1C)c1cc(O)ccc1Br. The van der Waals surface area contributed by atoms with E-state index >= 15 is 0 Å². The zero-order chi connectivity index (χ0) is 31.0. The van der Waals surface area contributed by atoms with Gasteiger partial charge in [0.2, 0.25) is 5.79 Å². The molecule has 42 heavy (non-hydrogen) atoms. The van der Waals surface area contributed by atoms with E-state index in [1.807, 2.05) is 13.8 Å². The van der Waals surface area contributed by atoms with Crippen LogP contribution in [0.25, 0.3) is 0 Å². The molecule has 0 unspecified atom stereocenters. The number of carbonyl (C=O) groups is 2. The Labute approximate surface area is 257 Å². The number of aliphatic hydroxyl groups excluding tert-OH is 1. The second-order valence-corrected chi connectivity index (χ2v) is 13.8. The number of ether oxygens (including phenoxy) is 5. The van der Waals surface area contributed by atoms with Gasteiger partial charge in [0.25, 0.3) is 0 Å². The number of phenolic OH excluding ortho intramolecular Hbond substituents is 1. The van der Waals surface area contributed by atoms with Gasteiger partial charge < -0.3 is 33.9 Å². The molecule has 3 bridgehead atoms. The van der Waals surface area contributed by atoms with E-state index in [-0.39, 0.29) is 42.6 Å². The summed E-state index contributed by atoms with van der Waals surface area (Å²) < 4.78 is 31.9. The van der Waals surface area contributed by atoms with E-state index in [2.05, 4.69) is 36.7 Å². The third kappa shape index (κ3) is 6.82. The van der Waals surface area contributed by atoms with Gasteiger partial charge in [-0.25, -0.2) is 0 Å². The fourth-order valence-corrected chi connectivity index (χ4v) is 7.12. The van der Waals surface area contributed by atoms with Crippen molar-refractivity contribution < 1.29 is 43.5 Å². The molecule has 8 atom stereocenters. The molecule has 3 aliphatic heterocycles.